The molecule has 0 saturated carbocycles. The first-order valence-corrected chi connectivity index (χ1v) is 9.35. The molecule has 30 heavy (non-hydrogen) atoms. The van der Waals surface area contributed by atoms with Gasteiger partial charge in [0.2, 0.25) is 5.75 Å². The maximum Gasteiger partial charge on any atom is 0.287 e. The van der Waals surface area contributed by atoms with Gasteiger partial charge in [-0.05, 0) is 17.7 Å². The molecule has 0 aliphatic heterocycles. The molecule has 3 rings (SSSR count). The van der Waals surface area contributed by atoms with Crippen LogP contribution in [0, 0.1) is 0 Å². The topological polar surface area (TPSA) is 87.0 Å². The van der Waals surface area contributed by atoms with Gasteiger partial charge in [0.15, 0.2) is 11.5 Å². The first-order valence-electron chi connectivity index (χ1n) is 8.97. The molecule has 1 heterocycles. The van der Waals surface area contributed by atoms with Crippen molar-refractivity contribution in [3.8, 4) is 17.2 Å². The minimum Gasteiger partial charge on any atom is -0.493 e. The highest BCUT2D eigenvalue weighted by atomic mass is 35.5. The van der Waals surface area contributed by atoms with Gasteiger partial charge >= 0.3 is 0 Å². The van der Waals surface area contributed by atoms with Crippen molar-refractivity contribution in [3.05, 3.63) is 75.2 Å². The van der Waals surface area contributed by atoms with Crippen molar-refractivity contribution >= 4 is 23.5 Å². The van der Waals surface area contributed by atoms with E-state index in [1.54, 1.807) is 32.6 Å². The average Bonchev–Trinajstić information content (AvgIpc) is 2.78. The molecule has 156 valence electrons. The van der Waals surface area contributed by atoms with Gasteiger partial charge in [-0.1, -0.05) is 41.9 Å². The maximum atomic E-state index is 11.8. The number of nitrogens with zero attached hydrogens (tertiary/aromatic N) is 3. The Balaban J connectivity index is 1.80. The van der Waals surface area contributed by atoms with Crippen molar-refractivity contribution in [2.24, 2.45) is 12.1 Å². The Morgan fingerprint density at radius 1 is 1.17 bits per heavy atom. The number of hydrazone groups is 1. The van der Waals surface area contributed by atoms with Crippen LogP contribution in [0.4, 0.5) is 5.69 Å². The van der Waals surface area contributed by atoms with Crippen LogP contribution in [0.1, 0.15) is 11.1 Å². The Morgan fingerprint density at radius 2 is 1.83 bits per heavy atom. The number of rotatable bonds is 8. The van der Waals surface area contributed by atoms with Crippen LogP contribution in [-0.4, -0.2) is 30.2 Å². The fraction of sp³-hybridized carbons (Fsp3) is 0.190. The van der Waals surface area contributed by atoms with E-state index in [4.69, 9.17) is 25.8 Å². The molecule has 0 saturated heterocycles. The van der Waals surface area contributed by atoms with Crippen molar-refractivity contribution in [2.75, 3.05) is 19.6 Å². The van der Waals surface area contributed by atoms with E-state index < -0.39 is 5.56 Å². The Bertz CT molecular complexity index is 1070. The largest absolute Gasteiger partial charge is 0.493 e. The lowest BCUT2D eigenvalue weighted by atomic mass is 10.2. The van der Waals surface area contributed by atoms with Crippen molar-refractivity contribution < 1.29 is 14.2 Å². The number of hydrogen-bond donors (Lipinski definition) is 1. The number of nitrogens with one attached hydrogen (secondary N) is 1. The van der Waals surface area contributed by atoms with Crippen molar-refractivity contribution in [1.29, 1.82) is 0 Å². The van der Waals surface area contributed by atoms with Crippen LogP contribution in [0.3, 0.4) is 0 Å². The zero-order chi connectivity index (χ0) is 21.5. The summed E-state index contributed by atoms with van der Waals surface area (Å²) in [6, 6.07) is 13.3. The van der Waals surface area contributed by atoms with Crippen LogP contribution in [0.15, 0.2) is 58.6 Å². The van der Waals surface area contributed by atoms with Gasteiger partial charge in [-0.25, -0.2) is 4.68 Å². The zero-order valence-electron chi connectivity index (χ0n) is 16.8. The van der Waals surface area contributed by atoms with Crippen molar-refractivity contribution in [3.63, 3.8) is 0 Å². The molecule has 1 aromatic heterocycles. The van der Waals surface area contributed by atoms with Crippen LogP contribution in [0.2, 0.25) is 5.02 Å². The summed E-state index contributed by atoms with van der Waals surface area (Å²) >= 11 is 6.02. The van der Waals surface area contributed by atoms with Gasteiger partial charge in [0.05, 0.1) is 26.6 Å². The molecule has 0 fully saturated rings. The summed E-state index contributed by atoms with van der Waals surface area (Å²) in [5, 5.41) is 8.03. The lowest BCUT2D eigenvalue weighted by Gasteiger charge is -2.15. The molecule has 0 aliphatic rings. The standard InChI is InChI=1S/C21H21ClN4O4/c1-26-21(27)19(22)16(12-24-26)25-23-11-15-9-17(28-2)20(18(10-15)29-3)30-13-14-7-5-4-6-8-14/h4-12,25H,13H2,1-3H3/b23-11-. The second-order valence-corrected chi connectivity index (χ2v) is 6.58. The third-order valence-corrected chi connectivity index (χ3v) is 4.55. The third kappa shape index (κ3) is 4.90. The second kappa shape index (κ2) is 9.80. The zero-order valence-corrected chi connectivity index (χ0v) is 17.5. The minimum atomic E-state index is -0.417. The predicted octanol–water partition coefficient (Wildman–Crippen LogP) is 3.48. The van der Waals surface area contributed by atoms with Gasteiger partial charge in [-0.3, -0.25) is 10.2 Å². The van der Waals surface area contributed by atoms with Gasteiger partial charge in [-0.2, -0.15) is 10.2 Å². The number of hydrogen-bond acceptors (Lipinski definition) is 7. The molecule has 2 aromatic carbocycles. The minimum absolute atomic E-state index is 0.00414. The smallest absolute Gasteiger partial charge is 0.287 e. The molecule has 0 aliphatic carbocycles. The SMILES string of the molecule is COc1cc(/C=N\Nc2cnn(C)c(=O)c2Cl)cc(OC)c1OCc1ccccc1. The Kier molecular flexibility index (Phi) is 6.92. The molecule has 9 heteroatoms. The summed E-state index contributed by atoms with van der Waals surface area (Å²) in [4.78, 5) is 11.8. The van der Waals surface area contributed by atoms with E-state index in [0.29, 0.717) is 35.1 Å². The molecular weight excluding hydrogens is 408 g/mol. The Labute approximate surface area is 178 Å². The first kappa shape index (κ1) is 21.2. The maximum absolute atomic E-state index is 11.8. The third-order valence-electron chi connectivity index (χ3n) is 4.19. The number of halogens is 1. The van der Waals surface area contributed by atoms with Crippen molar-refractivity contribution in [1.82, 2.24) is 9.78 Å². The van der Waals surface area contributed by atoms with Crippen LogP contribution in [0.5, 0.6) is 17.2 Å². The summed E-state index contributed by atoms with van der Waals surface area (Å²) in [6.45, 7) is 0.372. The van der Waals surface area contributed by atoms with E-state index in [-0.39, 0.29) is 5.02 Å². The molecule has 0 amide bonds. The summed E-state index contributed by atoms with van der Waals surface area (Å²) in [5.41, 5.74) is 4.32. The molecule has 0 spiro atoms. The number of ether oxygens (including phenoxy) is 3. The summed E-state index contributed by atoms with van der Waals surface area (Å²) in [7, 11) is 4.62. The van der Waals surface area contributed by atoms with E-state index in [2.05, 4.69) is 15.6 Å². The normalized spacial score (nSPS) is 10.8. The first-order chi connectivity index (χ1) is 14.5. The number of aryl methyl sites for hydroxylation is 1. The predicted molar refractivity (Wildman–Crippen MR) is 116 cm³/mol. The fourth-order valence-electron chi connectivity index (χ4n) is 2.61. The number of benzene rings is 2. The summed E-state index contributed by atoms with van der Waals surface area (Å²) < 4.78 is 18.0. The van der Waals surface area contributed by atoms with E-state index in [1.807, 2.05) is 30.3 Å². The molecule has 1 N–H and O–H groups in total. The highest BCUT2D eigenvalue weighted by molar-refractivity contribution is 6.32. The summed E-state index contributed by atoms with van der Waals surface area (Å²) in [5.74, 6) is 1.49. The van der Waals surface area contributed by atoms with Gasteiger partial charge < -0.3 is 14.2 Å². The van der Waals surface area contributed by atoms with Crippen LogP contribution >= 0.6 is 11.6 Å². The van der Waals surface area contributed by atoms with E-state index in [9.17, 15) is 4.79 Å². The molecule has 0 unspecified atom stereocenters. The quantitative estimate of drug-likeness (QED) is 0.436. The van der Waals surface area contributed by atoms with Crippen LogP contribution in [0.25, 0.3) is 0 Å². The van der Waals surface area contributed by atoms with Crippen LogP contribution < -0.4 is 25.2 Å². The molecule has 0 atom stereocenters. The van der Waals surface area contributed by atoms with E-state index >= 15 is 0 Å². The lowest BCUT2D eigenvalue weighted by molar-refractivity contribution is 0.266. The molecule has 3 aromatic rings. The van der Waals surface area contributed by atoms with Crippen LogP contribution in [-0.2, 0) is 13.7 Å². The van der Waals surface area contributed by atoms with E-state index in [0.717, 1.165) is 10.2 Å². The Morgan fingerprint density at radius 3 is 2.47 bits per heavy atom. The fourth-order valence-corrected chi connectivity index (χ4v) is 2.83. The van der Waals surface area contributed by atoms with Gasteiger partial charge in [0.1, 0.15) is 17.3 Å². The Hall–Kier alpha value is -3.52. The number of methoxy groups -OCH3 is 2. The van der Waals surface area contributed by atoms with Gasteiger partial charge in [-0.15, -0.1) is 0 Å². The average molecular weight is 429 g/mol. The number of aromatic nitrogens is 2. The highest BCUT2D eigenvalue weighted by Gasteiger charge is 2.14. The lowest BCUT2D eigenvalue weighted by Crippen LogP contribution is -2.20. The molecule has 0 bridgehead atoms. The molecule has 0 radical (unpaired) electrons. The van der Waals surface area contributed by atoms with Gasteiger partial charge in [0.25, 0.3) is 5.56 Å². The van der Waals surface area contributed by atoms with Crippen molar-refractivity contribution in [2.45, 2.75) is 6.61 Å². The monoisotopic (exact) mass is 428 g/mol. The highest BCUT2D eigenvalue weighted by Crippen LogP contribution is 2.38. The van der Waals surface area contributed by atoms with Gasteiger partial charge in [0, 0.05) is 12.6 Å². The van der Waals surface area contributed by atoms with E-state index in [1.165, 1.54) is 13.2 Å². The molecular formula is C21H21ClN4O4. The number of anilines is 1. The second-order valence-electron chi connectivity index (χ2n) is 6.20. The molecule has 8 nitrogen and oxygen atoms in total. The summed E-state index contributed by atoms with van der Waals surface area (Å²) in [6.07, 6.45) is 2.96.